The van der Waals surface area contributed by atoms with Crippen LogP contribution < -0.4 is 0 Å². The number of carbonyl (C=O) groups is 2. The fourth-order valence-electron chi connectivity index (χ4n) is 1.70. The van der Waals surface area contributed by atoms with Crippen LogP contribution in [0.3, 0.4) is 0 Å². The third-order valence-corrected chi connectivity index (χ3v) is 4.04. The second-order valence-electron chi connectivity index (χ2n) is 4.47. The monoisotopic (exact) mass is 352 g/mol. The van der Waals surface area contributed by atoms with Gasteiger partial charge in [-0.05, 0) is 24.6 Å². The Bertz CT molecular complexity index is 535. The lowest BCUT2D eigenvalue weighted by atomic mass is 9.94. The Morgan fingerprint density at radius 1 is 1.29 bits per heavy atom. The SMILES string of the molecule is CC(CS)OC(Cc1ccc(Cl)c(Cl)c1)(C(=O)O)C(=O)O. The minimum absolute atomic E-state index is 0.184. The summed E-state index contributed by atoms with van der Waals surface area (Å²) in [4.78, 5) is 23.0. The molecule has 5 nitrogen and oxygen atoms in total. The first-order chi connectivity index (χ1) is 9.72. The highest BCUT2D eigenvalue weighted by molar-refractivity contribution is 7.80. The van der Waals surface area contributed by atoms with Crippen molar-refractivity contribution < 1.29 is 24.5 Å². The molecular formula is C13H14Cl2O5S. The van der Waals surface area contributed by atoms with Crippen molar-refractivity contribution in [3.8, 4) is 0 Å². The van der Waals surface area contributed by atoms with Crippen LogP contribution >= 0.6 is 35.8 Å². The molecule has 0 aromatic heterocycles. The highest BCUT2D eigenvalue weighted by atomic mass is 35.5. The van der Waals surface area contributed by atoms with E-state index in [9.17, 15) is 19.8 Å². The van der Waals surface area contributed by atoms with Crippen LogP contribution in [-0.2, 0) is 20.7 Å². The Balaban J connectivity index is 3.20. The largest absolute Gasteiger partial charge is 0.479 e. The number of thiol groups is 1. The zero-order valence-corrected chi connectivity index (χ0v) is 13.5. The number of hydrogen-bond acceptors (Lipinski definition) is 4. The lowest BCUT2D eigenvalue weighted by Crippen LogP contribution is -2.53. The molecule has 0 heterocycles. The van der Waals surface area contributed by atoms with Crippen molar-refractivity contribution in [2.75, 3.05) is 5.75 Å². The van der Waals surface area contributed by atoms with Gasteiger partial charge >= 0.3 is 11.9 Å². The van der Waals surface area contributed by atoms with Crippen LogP contribution in [0.4, 0.5) is 0 Å². The number of carboxylic acid groups (broad SMARTS) is 2. The highest BCUT2D eigenvalue weighted by Gasteiger charge is 2.49. The zero-order valence-electron chi connectivity index (χ0n) is 11.0. The lowest BCUT2D eigenvalue weighted by Gasteiger charge is -2.28. The van der Waals surface area contributed by atoms with E-state index in [0.29, 0.717) is 10.6 Å². The molecule has 0 aliphatic carbocycles. The third-order valence-electron chi connectivity index (χ3n) is 2.79. The fourth-order valence-corrected chi connectivity index (χ4v) is 2.10. The van der Waals surface area contributed by atoms with Gasteiger partial charge in [-0.15, -0.1) is 0 Å². The molecule has 0 saturated carbocycles. The zero-order chi connectivity index (χ0) is 16.2. The van der Waals surface area contributed by atoms with Gasteiger partial charge in [0.15, 0.2) is 0 Å². The smallest absolute Gasteiger partial charge is 0.348 e. The quantitative estimate of drug-likeness (QED) is 0.519. The summed E-state index contributed by atoms with van der Waals surface area (Å²) in [7, 11) is 0. The van der Waals surface area contributed by atoms with Gasteiger partial charge in [0.1, 0.15) is 0 Å². The molecule has 0 aliphatic rings. The number of halogens is 2. The maximum absolute atomic E-state index is 11.5. The molecule has 0 amide bonds. The Morgan fingerprint density at radius 3 is 2.29 bits per heavy atom. The minimum atomic E-state index is -2.40. The maximum atomic E-state index is 11.5. The van der Waals surface area contributed by atoms with Crippen molar-refractivity contribution in [2.45, 2.75) is 25.0 Å². The molecule has 0 bridgehead atoms. The highest BCUT2D eigenvalue weighted by Crippen LogP contribution is 2.27. The van der Waals surface area contributed by atoms with Gasteiger partial charge in [0.25, 0.3) is 5.60 Å². The lowest BCUT2D eigenvalue weighted by molar-refractivity contribution is -0.188. The molecule has 116 valence electrons. The van der Waals surface area contributed by atoms with Crippen molar-refractivity contribution >= 4 is 47.8 Å². The summed E-state index contributed by atoms with van der Waals surface area (Å²) < 4.78 is 5.23. The third kappa shape index (κ3) is 4.26. The van der Waals surface area contributed by atoms with Gasteiger partial charge in [-0.1, -0.05) is 29.3 Å². The van der Waals surface area contributed by atoms with Crippen molar-refractivity contribution in [3.05, 3.63) is 33.8 Å². The molecule has 1 unspecified atom stereocenters. The normalized spacial score (nSPS) is 13.0. The van der Waals surface area contributed by atoms with Crippen molar-refractivity contribution in [3.63, 3.8) is 0 Å². The predicted octanol–water partition coefficient (Wildman–Crippen LogP) is 2.78. The molecule has 1 rings (SSSR count). The van der Waals surface area contributed by atoms with Crippen LogP contribution in [0, 0.1) is 0 Å². The first-order valence-electron chi connectivity index (χ1n) is 5.92. The number of carboxylic acids is 2. The molecule has 1 aromatic carbocycles. The molecule has 0 saturated heterocycles. The molecule has 0 radical (unpaired) electrons. The summed E-state index contributed by atoms with van der Waals surface area (Å²) in [5, 5.41) is 19.2. The van der Waals surface area contributed by atoms with E-state index in [1.807, 2.05) is 0 Å². The van der Waals surface area contributed by atoms with Crippen LogP contribution in [0.5, 0.6) is 0 Å². The van der Waals surface area contributed by atoms with Gasteiger partial charge in [0.05, 0.1) is 16.1 Å². The Hall–Kier alpha value is -0.950. The van der Waals surface area contributed by atoms with Gasteiger partial charge < -0.3 is 14.9 Å². The standard InChI is InChI=1S/C13H14Cl2O5S/c1-7(6-21)20-13(11(16)17,12(18)19)5-8-2-3-9(14)10(15)4-8/h2-4,7,21H,5-6H2,1H3,(H,16,17)(H,18,19). The van der Waals surface area contributed by atoms with Gasteiger partial charge in [-0.3, -0.25) is 0 Å². The van der Waals surface area contributed by atoms with Crippen molar-refractivity contribution in [2.24, 2.45) is 0 Å². The molecular weight excluding hydrogens is 339 g/mol. The fraction of sp³-hybridized carbons (Fsp3) is 0.385. The van der Waals surface area contributed by atoms with Gasteiger partial charge in [0.2, 0.25) is 0 Å². The maximum Gasteiger partial charge on any atom is 0.348 e. The van der Waals surface area contributed by atoms with Crippen LogP contribution in [0.25, 0.3) is 0 Å². The average molecular weight is 353 g/mol. The Labute approximate surface area is 137 Å². The number of benzene rings is 1. The number of hydrogen-bond donors (Lipinski definition) is 3. The van der Waals surface area contributed by atoms with Crippen molar-refractivity contribution in [1.82, 2.24) is 0 Å². The molecule has 0 aliphatic heterocycles. The summed E-state index contributed by atoms with van der Waals surface area (Å²) in [6.07, 6.45) is -1.03. The van der Waals surface area contributed by atoms with E-state index in [-0.39, 0.29) is 17.2 Å². The van der Waals surface area contributed by atoms with E-state index in [1.165, 1.54) is 18.2 Å². The molecule has 0 spiro atoms. The van der Waals surface area contributed by atoms with Gasteiger partial charge in [-0.25, -0.2) is 9.59 Å². The van der Waals surface area contributed by atoms with Crippen molar-refractivity contribution in [1.29, 1.82) is 0 Å². The molecule has 21 heavy (non-hydrogen) atoms. The molecule has 2 N–H and O–H groups in total. The first kappa shape index (κ1) is 18.1. The summed E-state index contributed by atoms with van der Waals surface area (Å²) >= 11 is 15.6. The topological polar surface area (TPSA) is 83.8 Å². The molecule has 0 fully saturated rings. The predicted molar refractivity (Wildman–Crippen MR) is 82.6 cm³/mol. The van der Waals surface area contributed by atoms with E-state index in [2.05, 4.69) is 12.6 Å². The first-order valence-corrected chi connectivity index (χ1v) is 7.31. The number of rotatable bonds is 7. The van der Waals surface area contributed by atoms with Gasteiger partial charge in [0, 0.05) is 12.2 Å². The summed E-state index contributed by atoms with van der Waals surface area (Å²) in [6.45, 7) is 1.54. The van der Waals surface area contributed by atoms with Crippen LogP contribution in [-0.4, -0.2) is 39.6 Å². The van der Waals surface area contributed by atoms with Crippen LogP contribution in [0.2, 0.25) is 10.0 Å². The van der Waals surface area contributed by atoms with Gasteiger partial charge in [-0.2, -0.15) is 12.6 Å². The Kier molecular flexibility index (Phi) is 6.34. The summed E-state index contributed by atoms with van der Waals surface area (Å²) in [5.41, 5.74) is -2.01. The van der Waals surface area contributed by atoms with E-state index in [4.69, 9.17) is 27.9 Å². The minimum Gasteiger partial charge on any atom is -0.479 e. The average Bonchev–Trinajstić information content (AvgIpc) is 2.41. The van der Waals surface area contributed by atoms with E-state index >= 15 is 0 Å². The van der Waals surface area contributed by atoms with E-state index in [0.717, 1.165) is 0 Å². The second kappa shape index (κ2) is 7.35. The van der Waals surface area contributed by atoms with E-state index in [1.54, 1.807) is 6.92 Å². The molecule has 1 atom stereocenters. The van der Waals surface area contributed by atoms with E-state index < -0.39 is 23.6 Å². The van der Waals surface area contributed by atoms with Crippen LogP contribution in [0.1, 0.15) is 12.5 Å². The number of aliphatic carboxylic acids is 2. The summed E-state index contributed by atoms with van der Waals surface area (Å²) in [5.74, 6) is -2.99. The molecule has 1 aromatic rings. The summed E-state index contributed by atoms with van der Waals surface area (Å²) in [6, 6.07) is 4.39. The van der Waals surface area contributed by atoms with Crippen LogP contribution in [0.15, 0.2) is 18.2 Å². The Morgan fingerprint density at radius 2 is 1.86 bits per heavy atom. The molecule has 8 heteroatoms. The number of ether oxygens (including phenoxy) is 1. The second-order valence-corrected chi connectivity index (χ2v) is 5.65.